The van der Waals surface area contributed by atoms with Gasteiger partial charge in [-0.25, -0.2) is 0 Å². The molecule has 1 rings (SSSR count). The van der Waals surface area contributed by atoms with Crippen LogP contribution in [0.25, 0.3) is 0 Å². The van der Waals surface area contributed by atoms with E-state index >= 15 is 0 Å². The maximum atomic E-state index is 12.1. The Morgan fingerprint density at radius 3 is 2.76 bits per heavy atom. The van der Waals surface area contributed by atoms with Crippen LogP contribution in [-0.2, 0) is 9.59 Å². The summed E-state index contributed by atoms with van der Waals surface area (Å²) in [6, 6.07) is 0. The monoisotopic (exact) mass is 241 g/mol. The average Bonchev–Trinajstić information content (AvgIpc) is 2.74. The summed E-state index contributed by atoms with van der Waals surface area (Å²) in [5.41, 5.74) is 4.81. The standard InChI is InChI=1S/C12H23N3O2/c1-2-5-12(6-8-14-9-12)11(17)15-7-3-4-10(13)16/h14H,2-9H2,1H3,(H2,13,16)(H,15,17). The molecule has 4 N–H and O–H groups in total. The lowest BCUT2D eigenvalue weighted by atomic mass is 9.81. The number of carbonyl (C=O) groups excluding carboxylic acids is 2. The Hall–Kier alpha value is -1.10. The molecular formula is C12H23N3O2. The summed E-state index contributed by atoms with van der Waals surface area (Å²) < 4.78 is 0. The molecule has 5 nitrogen and oxygen atoms in total. The molecule has 1 fully saturated rings. The molecule has 1 aliphatic heterocycles. The van der Waals surface area contributed by atoms with E-state index in [1.54, 1.807) is 0 Å². The molecule has 17 heavy (non-hydrogen) atoms. The quantitative estimate of drug-likeness (QED) is 0.555. The van der Waals surface area contributed by atoms with E-state index < -0.39 is 0 Å². The highest BCUT2D eigenvalue weighted by molar-refractivity contribution is 5.83. The van der Waals surface area contributed by atoms with Gasteiger partial charge in [-0.15, -0.1) is 0 Å². The summed E-state index contributed by atoms with van der Waals surface area (Å²) in [6.45, 7) is 4.31. The van der Waals surface area contributed by atoms with Crippen LogP contribution in [0.4, 0.5) is 0 Å². The van der Waals surface area contributed by atoms with Crippen LogP contribution >= 0.6 is 0 Å². The van der Waals surface area contributed by atoms with E-state index in [4.69, 9.17) is 5.73 Å². The van der Waals surface area contributed by atoms with Gasteiger partial charge >= 0.3 is 0 Å². The second-order valence-electron chi connectivity index (χ2n) is 4.78. The molecule has 1 aliphatic rings. The molecule has 0 bridgehead atoms. The van der Waals surface area contributed by atoms with E-state index in [0.717, 1.165) is 32.4 Å². The number of hydrogen-bond donors (Lipinski definition) is 3. The summed E-state index contributed by atoms with van der Waals surface area (Å²) in [5.74, 6) is -0.195. The first kappa shape index (κ1) is 14.0. The van der Waals surface area contributed by atoms with Crippen LogP contribution in [0.1, 0.15) is 39.0 Å². The fraction of sp³-hybridized carbons (Fsp3) is 0.833. The first-order valence-electron chi connectivity index (χ1n) is 6.38. The number of hydrogen-bond acceptors (Lipinski definition) is 3. The van der Waals surface area contributed by atoms with Crippen molar-refractivity contribution < 1.29 is 9.59 Å². The number of primary amides is 1. The number of nitrogens with two attached hydrogens (primary N) is 1. The van der Waals surface area contributed by atoms with E-state index in [-0.39, 0.29) is 17.2 Å². The van der Waals surface area contributed by atoms with E-state index in [1.807, 2.05) is 0 Å². The number of rotatable bonds is 7. The van der Waals surface area contributed by atoms with Crippen molar-refractivity contribution in [3.8, 4) is 0 Å². The molecule has 0 aromatic heterocycles. The van der Waals surface area contributed by atoms with Crippen molar-refractivity contribution in [2.24, 2.45) is 11.1 Å². The summed E-state index contributed by atoms with van der Waals surface area (Å²) in [5, 5.41) is 6.17. The van der Waals surface area contributed by atoms with Crippen LogP contribution in [0, 0.1) is 5.41 Å². The van der Waals surface area contributed by atoms with Crippen LogP contribution < -0.4 is 16.4 Å². The number of carbonyl (C=O) groups is 2. The molecule has 0 radical (unpaired) electrons. The fourth-order valence-electron chi connectivity index (χ4n) is 2.40. The molecule has 0 aliphatic carbocycles. The number of nitrogens with one attached hydrogen (secondary N) is 2. The van der Waals surface area contributed by atoms with E-state index in [2.05, 4.69) is 17.6 Å². The largest absolute Gasteiger partial charge is 0.370 e. The van der Waals surface area contributed by atoms with Gasteiger partial charge in [0.25, 0.3) is 0 Å². The van der Waals surface area contributed by atoms with Crippen molar-refractivity contribution in [1.29, 1.82) is 0 Å². The van der Waals surface area contributed by atoms with E-state index in [0.29, 0.717) is 19.4 Å². The summed E-state index contributed by atoms with van der Waals surface area (Å²) in [7, 11) is 0. The van der Waals surface area contributed by atoms with E-state index in [1.165, 1.54) is 0 Å². The lowest BCUT2D eigenvalue weighted by molar-refractivity contribution is -0.130. The summed E-state index contributed by atoms with van der Waals surface area (Å²) in [4.78, 5) is 22.7. The Balaban J connectivity index is 2.35. The van der Waals surface area contributed by atoms with Crippen molar-refractivity contribution in [2.45, 2.75) is 39.0 Å². The Morgan fingerprint density at radius 1 is 1.47 bits per heavy atom. The van der Waals surface area contributed by atoms with Crippen LogP contribution in [0.3, 0.4) is 0 Å². The first-order valence-corrected chi connectivity index (χ1v) is 6.38. The van der Waals surface area contributed by atoms with Gasteiger partial charge in [0.2, 0.25) is 11.8 Å². The predicted octanol–water partition coefficient (Wildman–Crippen LogP) is 0.148. The molecule has 0 saturated carbocycles. The third kappa shape index (κ3) is 4.00. The summed E-state index contributed by atoms with van der Waals surface area (Å²) >= 11 is 0. The molecule has 2 amide bonds. The van der Waals surface area contributed by atoms with Gasteiger partial charge in [0, 0.05) is 19.5 Å². The van der Waals surface area contributed by atoms with Crippen LogP contribution in [0.2, 0.25) is 0 Å². The van der Waals surface area contributed by atoms with Crippen molar-refractivity contribution in [1.82, 2.24) is 10.6 Å². The van der Waals surface area contributed by atoms with Crippen molar-refractivity contribution in [2.75, 3.05) is 19.6 Å². The highest BCUT2D eigenvalue weighted by atomic mass is 16.2. The molecule has 1 unspecified atom stereocenters. The Labute approximate surface area is 103 Å². The normalized spacial score (nSPS) is 23.6. The molecule has 0 aromatic rings. The molecule has 1 saturated heterocycles. The lowest BCUT2D eigenvalue weighted by Gasteiger charge is -2.26. The molecule has 98 valence electrons. The molecule has 1 atom stereocenters. The van der Waals surface area contributed by atoms with Gasteiger partial charge in [-0.1, -0.05) is 13.3 Å². The third-order valence-corrected chi connectivity index (χ3v) is 3.34. The topological polar surface area (TPSA) is 84.2 Å². The zero-order valence-electron chi connectivity index (χ0n) is 10.6. The molecule has 5 heteroatoms. The lowest BCUT2D eigenvalue weighted by Crippen LogP contribution is -2.43. The zero-order chi connectivity index (χ0) is 12.7. The minimum absolute atomic E-state index is 0.119. The second kappa shape index (κ2) is 6.59. The van der Waals surface area contributed by atoms with Gasteiger partial charge < -0.3 is 16.4 Å². The van der Waals surface area contributed by atoms with E-state index in [9.17, 15) is 9.59 Å². The zero-order valence-corrected chi connectivity index (χ0v) is 10.6. The molecule has 0 aromatic carbocycles. The minimum atomic E-state index is -0.315. The first-order chi connectivity index (χ1) is 8.10. The number of amides is 2. The Bertz CT molecular complexity index is 273. The molecule has 1 heterocycles. The maximum absolute atomic E-state index is 12.1. The van der Waals surface area contributed by atoms with Crippen molar-refractivity contribution in [3.63, 3.8) is 0 Å². The van der Waals surface area contributed by atoms with Crippen LogP contribution in [-0.4, -0.2) is 31.4 Å². The fourth-order valence-corrected chi connectivity index (χ4v) is 2.40. The molecule has 0 spiro atoms. The van der Waals surface area contributed by atoms with Crippen molar-refractivity contribution >= 4 is 11.8 Å². The summed E-state index contributed by atoms with van der Waals surface area (Å²) in [6.07, 6.45) is 3.79. The third-order valence-electron chi connectivity index (χ3n) is 3.34. The Kier molecular flexibility index (Phi) is 5.41. The van der Waals surface area contributed by atoms with Gasteiger partial charge in [0.05, 0.1) is 5.41 Å². The van der Waals surface area contributed by atoms with Crippen LogP contribution in [0.5, 0.6) is 0 Å². The van der Waals surface area contributed by atoms with Crippen molar-refractivity contribution in [3.05, 3.63) is 0 Å². The van der Waals surface area contributed by atoms with Gasteiger partial charge in [-0.3, -0.25) is 9.59 Å². The minimum Gasteiger partial charge on any atom is -0.370 e. The van der Waals surface area contributed by atoms with Crippen LogP contribution in [0.15, 0.2) is 0 Å². The second-order valence-corrected chi connectivity index (χ2v) is 4.78. The average molecular weight is 241 g/mol. The van der Waals surface area contributed by atoms with Gasteiger partial charge in [0.1, 0.15) is 0 Å². The van der Waals surface area contributed by atoms with Gasteiger partial charge in [-0.05, 0) is 25.8 Å². The Morgan fingerprint density at radius 2 is 2.24 bits per heavy atom. The van der Waals surface area contributed by atoms with Gasteiger partial charge in [0.15, 0.2) is 0 Å². The smallest absolute Gasteiger partial charge is 0.227 e. The SMILES string of the molecule is CCCC1(C(=O)NCCCC(N)=O)CCNC1. The molecular weight excluding hydrogens is 218 g/mol. The van der Waals surface area contributed by atoms with Gasteiger partial charge in [-0.2, -0.15) is 0 Å². The maximum Gasteiger partial charge on any atom is 0.227 e. The predicted molar refractivity (Wildman–Crippen MR) is 66.3 cm³/mol. The highest BCUT2D eigenvalue weighted by Gasteiger charge is 2.39. The highest BCUT2D eigenvalue weighted by Crippen LogP contribution is 2.31.